The predicted molar refractivity (Wildman–Crippen MR) is 147 cm³/mol. The first-order chi connectivity index (χ1) is 18.5. The Morgan fingerprint density at radius 2 is 1.69 bits per heavy atom. The number of nitrogens with zero attached hydrogens (tertiary/aromatic N) is 3. The van der Waals surface area contributed by atoms with Gasteiger partial charge in [0.2, 0.25) is 21.8 Å². The summed E-state index contributed by atoms with van der Waals surface area (Å²) in [7, 11) is -7.78. The Balaban J connectivity index is 1.56. The number of aromatic nitrogens is 3. The van der Waals surface area contributed by atoms with Crippen molar-refractivity contribution in [2.24, 2.45) is 5.14 Å². The molecule has 0 radical (unpaired) electrons. The zero-order valence-electron chi connectivity index (χ0n) is 20.0. The summed E-state index contributed by atoms with van der Waals surface area (Å²) in [5.41, 5.74) is 2.38. The monoisotopic (exact) mass is 606 g/mol. The standard InChI is InChI=1S/C25H20ClFN4O5S3/c26-18-8-6-16(12-19(18)27)17-7-9-20-21(13-17)37-25(29-20)23(38(32,33)14-15-4-2-1-3-5-15)24-31-30-22(36-24)10-11-39(28,34)35/h1-9,12-13,23H,10-11,14H2,(H2,28,34,35). The molecule has 0 saturated heterocycles. The lowest BCUT2D eigenvalue weighted by Crippen LogP contribution is -2.18. The van der Waals surface area contributed by atoms with Crippen LogP contribution in [0.4, 0.5) is 4.39 Å². The van der Waals surface area contributed by atoms with Crippen molar-refractivity contribution in [3.8, 4) is 11.1 Å². The van der Waals surface area contributed by atoms with Gasteiger partial charge < -0.3 is 4.42 Å². The first-order valence-corrected chi connectivity index (χ1v) is 16.1. The molecule has 0 spiro atoms. The molecule has 5 aromatic rings. The quantitative estimate of drug-likeness (QED) is 0.255. The molecule has 0 aliphatic carbocycles. The number of nitrogens with two attached hydrogens (primary N) is 1. The number of primary sulfonamides is 1. The van der Waals surface area contributed by atoms with Gasteiger partial charge in [-0.05, 0) is 41.0 Å². The molecular formula is C25H20ClFN4O5S3. The molecule has 39 heavy (non-hydrogen) atoms. The smallest absolute Gasteiger partial charge is 0.241 e. The Morgan fingerprint density at radius 3 is 2.41 bits per heavy atom. The molecule has 0 aliphatic heterocycles. The van der Waals surface area contributed by atoms with E-state index in [1.165, 1.54) is 12.1 Å². The van der Waals surface area contributed by atoms with Gasteiger partial charge in [-0.1, -0.05) is 54.1 Å². The Labute approximate surface area is 232 Å². The lowest BCUT2D eigenvalue weighted by atomic mass is 10.1. The Morgan fingerprint density at radius 1 is 0.974 bits per heavy atom. The largest absolute Gasteiger partial charge is 0.423 e. The molecule has 14 heteroatoms. The molecule has 202 valence electrons. The van der Waals surface area contributed by atoms with Gasteiger partial charge in [-0.3, -0.25) is 0 Å². The third-order valence-corrected chi connectivity index (χ3v) is 9.95. The minimum atomic E-state index is -3.99. The van der Waals surface area contributed by atoms with Gasteiger partial charge in [0.05, 0.1) is 26.7 Å². The van der Waals surface area contributed by atoms with Gasteiger partial charge in [0, 0.05) is 6.42 Å². The van der Waals surface area contributed by atoms with Crippen LogP contribution in [0.1, 0.15) is 27.6 Å². The van der Waals surface area contributed by atoms with Gasteiger partial charge in [0.15, 0.2) is 15.1 Å². The lowest BCUT2D eigenvalue weighted by molar-refractivity contribution is 0.453. The highest BCUT2D eigenvalue weighted by Gasteiger charge is 2.37. The van der Waals surface area contributed by atoms with Crippen LogP contribution in [0.2, 0.25) is 5.02 Å². The van der Waals surface area contributed by atoms with Gasteiger partial charge in [0.25, 0.3) is 0 Å². The molecule has 0 fully saturated rings. The number of benzene rings is 3. The van der Waals surface area contributed by atoms with Crippen molar-refractivity contribution < 1.29 is 25.6 Å². The van der Waals surface area contributed by atoms with Crippen LogP contribution < -0.4 is 5.14 Å². The number of sulfone groups is 1. The van der Waals surface area contributed by atoms with Crippen LogP contribution in [-0.4, -0.2) is 37.8 Å². The predicted octanol–water partition coefficient (Wildman–Crippen LogP) is 4.67. The van der Waals surface area contributed by atoms with Crippen LogP contribution in [0.3, 0.4) is 0 Å². The second kappa shape index (κ2) is 10.7. The third kappa shape index (κ3) is 6.34. The van der Waals surface area contributed by atoms with E-state index in [2.05, 4.69) is 15.2 Å². The van der Waals surface area contributed by atoms with Crippen LogP contribution in [0, 0.1) is 5.82 Å². The van der Waals surface area contributed by atoms with Gasteiger partial charge in [-0.25, -0.2) is 31.3 Å². The number of hydrogen-bond acceptors (Lipinski definition) is 9. The van der Waals surface area contributed by atoms with Crippen LogP contribution in [0.25, 0.3) is 21.3 Å². The highest BCUT2D eigenvalue weighted by atomic mass is 35.5. The van der Waals surface area contributed by atoms with E-state index in [0.29, 0.717) is 26.9 Å². The van der Waals surface area contributed by atoms with Crippen LogP contribution in [-0.2, 0) is 32.0 Å². The Bertz CT molecular complexity index is 1880. The molecule has 2 heterocycles. The lowest BCUT2D eigenvalue weighted by Gasteiger charge is -2.12. The number of fused-ring (bicyclic) bond motifs is 1. The molecule has 1 atom stereocenters. The summed E-state index contributed by atoms with van der Waals surface area (Å²) in [6.07, 6.45) is -0.169. The van der Waals surface area contributed by atoms with Gasteiger partial charge in [-0.2, -0.15) is 0 Å². The number of thiazole rings is 1. The van der Waals surface area contributed by atoms with E-state index in [1.54, 1.807) is 54.6 Å². The molecule has 3 aromatic carbocycles. The summed E-state index contributed by atoms with van der Waals surface area (Å²) >= 11 is 6.94. The Kier molecular flexibility index (Phi) is 7.53. The summed E-state index contributed by atoms with van der Waals surface area (Å²) in [6.45, 7) is 0. The van der Waals surface area contributed by atoms with Crippen molar-refractivity contribution in [2.75, 3.05) is 5.75 Å². The molecule has 5 rings (SSSR count). The second-order valence-corrected chi connectivity index (χ2v) is 14.0. The van der Waals surface area contributed by atoms with Gasteiger partial charge >= 0.3 is 0 Å². The summed E-state index contributed by atoms with van der Waals surface area (Å²) < 4.78 is 70.5. The van der Waals surface area contributed by atoms with Crippen LogP contribution in [0.5, 0.6) is 0 Å². The molecule has 0 saturated carbocycles. The molecule has 1 unspecified atom stereocenters. The number of hydrogen-bond donors (Lipinski definition) is 1. The molecule has 2 aromatic heterocycles. The highest BCUT2D eigenvalue weighted by Crippen LogP contribution is 2.38. The first kappa shape index (κ1) is 27.3. The van der Waals surface area contributed by atoms with Crippen molar-refractivity contribution in [1.82, 2.24) is 15.2 Å². The molecule has 0 aliphatic rings. The molecule has 0 bridgehead atoms. The summed E-state index contributed by atoms with van der Waals surface area (Å²) in [4.78, 5) is 4.56. The van der Waals surface area contributed by atoms with E-state index in [9.17, 15) is 21.2 Å². The van der Waals surface area contributed by atoms with Crippen molar-refractivity contribution >= 4 is 53.0 Å². The fourth-order valence-corrected chi connectivity index (χ4v) is 7.64. The van der Waals surface area contributed by atoms with Crippen molar-refractivity contribution in [3.63, 3.8) is 0 Å². The number of halogens is 2. The fraction of sp³-hybridized carbons (Fsp3) is 0.160. The zero-order valence-corrected chi connectivity index (χ0v) is 23.2. The first-order valence-electron chi connectivity index (χ1n) is 11.4. The molecule has 9 nitrogen and oxygen atoms in total. The summed E-state index contributed by atoms with van der Waals surface area (Å²) in [6, 6.07) is 18.3. The fourth-order valence-electron chi connectivity index (χ4n) is 3.92. The third-order valence-electron chi connectivity index (χ3n) is 5.76. The second-order valence-electron chi connectivity index (χ2n) is 8.69. The van der Waals surface area contributed by atoms with Crippen molar-refractivity contribution in [2.45, 2.75) is 17.4 Å². The summed E-state index contributed by atoms with van der Waals surface area (Å²) in [5, 5.41) is 11.6. The number of sulfonamides is 1. The van der Waals surface area contributed by atoms with Gasteiger partial charge in [-0.15, -0.1) is 21.5 Å². The topological polar surface area (TPSA) is 146 Å². The van der Waals surface area contributed by atoms with E-state index in [0.717, 1.165) is 11.3 Å². The molecular weight excluding hydrogens is 587 g/mol. The van der Waals surface area contributed by atoms with E-state index in [4.69, 9.17) is 21.2 Å². The zero-order chi connectivity index (χ0) is 27.8. The minimum absolute atomic E-state index is 0.00866. The number of rotatable bonds is 9. The van der Waals surface area contributed by atoms with E-state index in [1.807, 2.05) is 0 Å². The van der Waals surface area contributed by atoms with E-state index in [-0.39, 0.29) is 34.0 Å². The normalized spacial score (nSPS) is 13.1. The van der Waals surface area contributed by atoms with E-state index >= 15 is 0 Å². The Hall–Kier alpha value is -3.23. The maximum atomic E-state index is 14.0. The number of aryl methyl sites for hydroxylation is 1. The van der Waals surface area contributed by atoms with E-state index < -0.39 is 36.7 Å². The maximum Gasteiger partial charge on any atom is 0.241 e. The van der Waals surface area contributed by atoms with Crippen LogP contribution in [0.15, 0.2) is 71.1 Å². The van der Waals surface area contributed by atoms with Crippen molar-refractivity contribution in [3.05, 3.63) is 99.9 Å². The SMILES string of the molecule is NS(=O)(=O)CCc1nnc(C(c2nc3ccc(-c4ccc(Cl)c(F)c4)cc3s2)S(=O)(=O)Cc2ccccc2)o1. The van der Waals surface area contributed by atoms with Gasteiger partial charge in [0.1, 0.15) is 10.8 Å². The maximum absolute atomic E-state index is 14.0. The minimum Gasteiger partial charge on any atom is -0.423 e. The average molecular weight is 607 g/mol. The van der Waals surface area contributed by atoms with Crippen molar-refractivity contribution in [1.29, 1.82) is 0 Å². The summed E-state index contributed by atoms with van der Waals surface area (Å²) in [5.74, 6) is -1.60. The molecule has 2 N–H and O–H groups in total. The molecule has 0 amide bonds. The average Bonchev–Trinajstić information content (AvgIpc) is 3.51. The highest BCUT2D eigenvalue weighted by molar-refractivity contribution is 7.91. The van der Waals surface area contributed by atoms with Crippen LogP contribution >= 0.6 is 22.9 Å².